The molecule has 0 fully saturated rings. The van der Waals surface area contributed by atoms with Crippen molar-refractivity contribution in [2.45, 2.75) is 32.5 Å². The smallest absolute Gasteiger partial charge is 0.348 e. The van der Waals surface area contributed by atoms with Crippen LogP contribution < -0.4 is 16.7 Å². The van der Waals surface area contributed by atoms with Crippen LogP contribution in [0.25, 0.3) is 10.2 Å². The summed E-state index contributed by atoms with van der Waals surface area (Å²) in [5.74, 6) is -0.765. The maximum absolute atomic E-state index is 13.0. The monoisotopic (exact) mass is 387 g/mol. The molecule has 9 heteroatoms. The van der Waals surface area contributed by atoms with E-state index in [1.807, 2.05) is 13.8 Å². The number of phenols is 1. The Morgan fingerprint density at radius 1 is 1.37 bits per heavy atom. The van der Waals surface area contributed by atoms with E-state index >= 15 is 0 Å². The van der Waals surface area contributed by atoms with E-state index in [0.717, 1.165) is 10.4 Å². The summed E-state index contributed by atoms with van der Waals surface area (Å²) in [6.07, 6.45) is 0.532. The lowest BCUT2D eigenvalue weighted by Crippen LogP contribution is -2.43. The molecule has 1 aliphatic heterocycles. The van der Waals surface area contributed by atoms with Gasteiger partial charge in [-0.3, -0.25) is 20.0 Å². The van der Waals surface area contributed by atoms with Crippen LogP contribution in [0.5, 0.6) is 5.75 Å². The maximum atomic E-state index is 13.0. The molecule has 1 aliphatic rings. The van der Waals surface area contributed by atoms with E-state index in [0.29, 0.717) is 27.9 Å². The number of aromatic nitrogens is 2. The second-order valence-corrected chi connectivity index (χ2v) is 8.10. The van der Waals surface area contributed by atoms with Gasteiger partial charge in [-0.15, -0.1) is 11.3 Å². The Balaban J connectivity index is 1.81. The van der Waals surface area contributed by atoms with Crippen LogP contribution in [-0.2, 0) is 17.8 Å². The van der Waals surface area contributed by atoms with Crippen LogP contribution in [0.2, 0.25) is 0 Å². The van der Waals surface area contributed by atoms with E-state index in [1.54, 1.807) is 0 Å². The van der Waals surface area contributed by atoms with Gasteiger partial charge < -0.3 is 9.84 Å². The molecule has 0 aliphatic carbocycles. The van der Waals surface area contributed by atoms with Crippen molar-refractivity contribution < 1.29 is 14.6 Å². The summed E-state index contributed by atoms with van der Waals surface area (Å²) in [7, 11) is 0. The summed E-state index contributed by atoms with van der Waals surface area (Å²) >= 11 is 1.32. The Morgan fingerprint density at radius 2 is 2.15 bits per heavy atom. The highest BCUT2D eigenvalue weighted by Crippen LogP contribution is 2.36. The zero-order chi connectivity index (χ0) is 19.3. The Bertz CT molecular complexity index is 1190. The van der Waals surface area contributed by atoms with Gasteiger partial charge in [-0.25, -0.2) is 4.79 Å². The molecule has 0 spiro atoms. The average Bonchev–Trinajstić information content (AvgIpc) is 2.94. The fourth-order valence-electron chi connectivity index (χ4n) is 3.14. The number of thiophene rings is 1. The maximum Gasteiger partial charge on any atom is 0.348 e. The zero-order valence-corrected chi connectivity index (χ0v) is 15.5. The normalized spacial score (nSPS) is 15.5. The number of H-pyrrole nitrogens is 1. The molecule has 1 amide bonds. The second kappa shape index (κ2) is 6.07. The van der Waals surface area contributed by atoms with Crippen LogP contribution in [0.15, 0.2) is 33.9 Å². The molecule has 0 radical (unpaired) electrons. The summed E-state index contributed by atoms with van der Waals surface area (Å²) in [6, 6.07) is 5.64. The summed E-state index contributed by atoms with van der Waals surface area (Å²) in [6.45, 7) is 4.25. The van der Waals surface area contributed by atoms with E-state index in [1.165, 1.54) is 35.6 Å². The molecular weight excluding hydrogens is 370 g/mol. The summed E-state index contributed by atoms with van der Waals surface area (Å²) in [5, 5.41) is 9.90. The molecule has 3 N–H and O–H groups in total. The number of fused-ring (bicyclic) bond motifs is 3. The predicted molar refractivity (Wildman–Crippen MR) is 101 cm³/mol. The minimum Gasteiger partial charge on any atom is -0.508 e. The summed E-state index contributed by atoms with van der Waals surface area (Å²) in [4.78, 5) is 41.7. The molecule has 0 bridgehead atoms. The number of amides is 1. The fraction of sp³-hybridized carbons (Fsp3) is 0.278. The Labute approximate surface area is 157 Å². The van der Waals surface area contributed by atoms with Crippen LogP contribution in [0.3, 0.4) is 0 Å². The molecule has 0 saturated heterocycles. The largest absolute Gasteiger partial charge is 0.508 e. The first-order valence-corrected chi connectivity index (χ1v) is 9.11. The molecule has 0 unspecified atom stereocenters. The molecule has 0 atom stereocenters. The van der Waals surface area contributed by atoms with Gasteiger partial charge in [0, 0.05) is 16.9 Å². The van der Waals surface area contributed by atoms with E-state index in [4.69, 9.17) is 4.74 Å². The lowest BCUT2D eigenvalue weighted by atomic mass is 9.94. The van der Waals surface area contributed by atoms with Gasteiger partial charge in [0.15, 0.2) is 0 Å². The quantitative estimate of drug-likeness (QED) is 0.619. The summed E-state index contributed by atoms with van der Waals surface area (Å²) in [5.41, 5.74) is 1.54. The van der Waals surface area contributed by atoms with E-state index < -0.39 is 22.8 Å². The number of ether oxygens (including phenoxy) is 1. The van der Waals surface area contributed by atoms with Crippen molar-refractivity contribution in [3.63, 3.8) is 0 Å². The molecule has 0 saturated carbocycles. The molecule has 3 aromatic rings. The number of carbonyl (C=O) groups is 1. The van der Waals surface area contributed by atoms with Crippen LogP contribution >= 0.6 is 11.3 Å². The highest BCUT2D eigenvalue weighted by atomic mass is 32.1. The van der Waals surface area contributed by atoms with Gasteiger partial charge in [0.05, 0.1) is 17.6 Å². The van der Waals surface area contributed by atoms with Gasteiger partial charge in [0.2, 0.25) is 0 Å². The number of nitrogens with zero attached hydrogens (tertiary/aromatic N) is 1. The third kappa shape index (κ3) is 3.04. The number of hydrogen-bond acceptors (Lipinski definition) is 6. The van der Waals surface area contributed by atoms with E-state index in [2.05, 4.69) is 10.4 Å². The van der Waals surface area contributed by atoms with Crippen LogP contribution in [-0.4, -0.2) is 26.3 Å². The summed E-state index contributed by atoms with van der Waals surface area (Å²) < 4.78 is 6.44. The number of rotatable bonds is 2. The molecular formula is C18H17N3O5S. The molecule has 27 heavy (non-hydrogen) atoms. The standard InChI is InChI=1S/C18H17N3O5S/c1-18(2)7-11-12(8-26-18)27-15-13(11)16(24)21(17(25)19-15)20-14(23)9-4-3-5-10(22)6-9/h3-6,22H,7-8H2,1-2H3,(H,19,25)(H,20,23). The van der Waals surface area contributed by atoms with Gasteiger partial charge >= 0.3 is 5.69 Å². The molecule has 4 rings (SSSR count). The third-order valence-electron chi connectivity index (χ3n) is 4.45. The lowest BCUT2D eigenvalue weighted by Gasteiger charge is -2.29. The highest BCUT2D eigenvalue weighted by Gasteiger charge is 2.31. The van der Waals surface area contributed by atoms with E-state index in [9.17, 15) is 19.5 Å². The highest BCUT2D eigenvalue weighted by molar-refractivity contribution is 7.18. The predicted octanol–water partition coefficient (Wildman–Crippen LogP) is 1.69. The van der Waals surface area contributed by atoms with Crippen molar-refractivity contribution in [1.29, 1.82) is 0 Å². The lowest BCUT2D eigenvalue weighted by molar-refractivity contribution is -0.0379. The molecule has 8 nitrogen and oxygen atoms in total. The van der Waals surface area contributed by atoms with Gasteiger partial charge in [0.1, 0.15) is 10.6 Å². The number of phenolic OH excluding ortho intramolecular Hbond substituents is 1. The van der Waals surface area contributed by atoms with Crippen molar-refractivity contribution in [2.24, 2.45) is 0 Å². The van der Waals surface area contributed by atoms with Crippen molar-refractivity contribution in [2.75, 3.05) is 5.43 Å². The van der Waals surface area contributed by atoms with Crippen molar-refractivity contribution in [3.8, 4) is 5.75 Å². The van der Waals surface area contributed by atoms with Crippen LogP contribution in [0.4, 0.5) is 0 Å². The minimum absolute atomic E-state index is 0.0894. The van der Waals surface area contributed by atoms with Gasteiger partial charge in [0.25, 0.3) is 11.5 Å². The van der Waals surface area contributed by atoms with Crippen molar-refractivity contribution >= 4 is 27.5 Å². The van der Waals surface area contributed by atoms with Crippen molar-refractivity contribution in [1.82, 2.24) is 9.66 Å². The van der Waals surface area contributed by atoms with Crippen molar-refractivity contribution in [3.05, 3.63) is 61.1 Å². The van der Waals surface area contributed by atoms with Gasteiger partial charge in [-0.05, 0) is 37.6 Å². The zero-order valence-electron chi connectivity index (χ0n) is 14.7. The van der Waals surface area contributed by atoms with Gasteiger partial charge in [-0.2, -0.15) is 4.68 Å². The van der Waals surface area contributed by atoms with Crippen LogP contribution in [0.1, 0.15) is 34.6 Å². The number of benzene rings is 1. The number of carbonyl (C=O) groups excluding carboxylic acids is 1. The first-order valence-electron chi connectivity index (χ1n) is 8.29. The molecule has 140 valence electrons. The average molecular weight is 387 g/mol. The number of nitrogens with one attached hydrogen (secondary N) is 2. The SMILES string of the molecule is CC1(C)Cc2c(sc3[nH]c(=O)n(NC(=O)c4cccc(O)c4)c(=O)c23)CO1. The molecule has 2 aromatic heterocycles. The second-order valence-electron chi connectivity index (χ2n) is 7.00. The molecule has 3 heterocycles. The number of aromatic hydroxyl groups is 1. The first-order chi connectivity index (χ1) is 12.7. The first kappa shape index (κ1) is 17.5. The van der Waals surface area contributed by atoms with Crippen LogP contribution in [0, 0.1) is 0 Å². The minimum atomic E-state index is -0.736. The number of hydrogen-bond donors (Lipinski definition) is 3. The van der Waals surface area contributed by atoms with Gasteiger partial charge in [-0.1, -0.05) is 6.07 Å². The van der Waals surface area contributed by atoms with E-state index in [-0.39, 0.29) is 11.3 Å². The third-order valence-corrected chi connectivity index (χ3v) is 5.57. The Hall–Kier alpha value is -2.91. The number of aromatic amines is 1. The Kier molecular flexibility index (Phi) is 3.93. The molecule has 1 aromatic carbocycles. The fourth-order valence-corrected chi connectivity index (χ4v) is 4.25. The topological polar surface area (TPSA) is 113 Å². The Morgan fingerprint density at radius 3 is 2.89 bits per heavy atom.